The van der Waals surface area contributed by atoms with E-state index in [9.17, 15) is 9.59 Å². The molecule has 2 N–H and O–H groups in total. The fraction of sp³-hybridized carbons (Fsp3) is 0.250. The van der Waals surface area contributed by atoms with Gasteiger partial charge in [-0.1, -0.05) is 6.07 Å². The number of hydrogen-bond donors (Lipinski definition) is 2. The van der Waals surface area contributed by atoms with Gasteiger partial charge in [0.05, 0.1) is 24.1 Å². The zero-order valence-corrected chi connectivity index (χ0v) is 9.46. The molecule has 2 amide bonds. The second kappa shape index (κ2) is 4.75. The van der Waals surface area contributed by atoms with Gasteiger partial charge >= 0.3 is 12.0 Å². The van der Waals surface area contributed by atoms with Crippen molar-refractivity contribution in [3.05, 3.63) is 29.8 Å². The highest BCUT2D eigenvalue weighted by Crippen LogP contribution is 2.20. The Labute approximate surface area is 103 Å². The van der Waals surface area contributed by atoms with E-state index in [2.05, 4.69) is 5.32 Å². The zero-order valence-electron chi connectivity index (χ0n) is 9.46. The number of urea groups is 1. The number of hydrogen-bond acceptors (Lipinski definition) is 3. The van der Waals surface area contributed by atoms with Crippen molar-refractivity contribution < 1.29 is 14.7 Å². The standard InChI is InChI=1S/C12H11N3O3/c13-6-8-2-1-3-10(4-8)15-7-9(5-11(16)17)14-12(15)18/h1-4,9H,5,7H2,(H,14,18)(H,16,17). The lowest BCUT2D eigenvalue weighted by molar-refractivity contribution is -0.137. The summed E-state index contributed by atoms with van der Waals surface area (Å²) < 4.78 is 0. The number of nitriles is 1. The number of carboxylic acid groups (broad SMARTS) is 1. The lowest BCUT2D eigenvalue weighted by Crippen LogP contribution is -2.29. The molecule has 1 fully saturated rings. The third-order valence-corrected chi connectivity index (χ3v) is 2.68. The van der Waals surface area contributed by atoms with E-state index in [0.717, 1.165) is 0 Å². The second-order valence-corrected chi connectivity index (χ2v) is 4.02. The molecule has 6 nitrogen and oxygen atoms in total. The van der Waals surface area contributed by atoms with E-state index in [1.165, 1.54) is 4.90 Å². The molecule has 0 radical (unpaired) electrons. The minimum Gasteiger partial charge on any atom is -0.481 e. The summed E-state index contributed by atoms with van der Waals surface area (Å²) in [4.78, 5) is 23.7. The van der Waals surface area contributed by atoms with Gasteiger partial charge in [0.2, 0.25) is 0 Å². The highest BCUT2D eigenvalue weighted by atomic mass is 16.4. The number of carbonyl (C=O) groups excluding carboxylic acids is 1. The van der Waals surface area contributed by atoms with Gasteiger partial charge in [0, 0.05) is 12.2 Å². The van der Waals surface area contributed by atoms with Crippen molar-refractivity contribution in [2.24, 2.45) is 0 Å². The minimum absolute atomic E-state index is 0.111. The summed E-state index contributed by atoms with van der Waals surface area (Å²) >= 11 is 0. The van der Waals surface area contributed by atoms with Crippen molar-refractivity contribution in [2.45, 2.75) is 12.5 Å². The van der Waals surface area contributed by atoms with Crippen LogP contribution in [0.25, 0.3) is 0 Å². The lowest BCUT2D eigenvalue weighted by Gasteiger charge is -2.14. The van der Waals surface area contributed by atoms with Crippen LogP contribution in [0.2, 0.25) is 0 Å². The van der Waals surface area contributed by atoms with Gasteiger partial charge < -0.3 is 10.4 Å². The number of amides is 2. The summed E-state index contributed by atoms with van der Waals surface area (Å²) in [5, 5.41) is 20.1. The lowest BCUT2D eigenvalue weighted by atomic mass is 10.2. The van der Waals surface area contributed by atoms with Gasteiger partial charge in [-0.2, -0.15) is 5.26 Å². The van der Waals surface area contributed by atoms with Crippen molar-refractivity contribution >= 4 is 17.7 Å². The van der Waals surface area contributed by atoms with Crippen molar-refractivity contribution in [1.29, 1.82) is 5.26 Å². The highest BCUT2D eigenvalue weighted by molar-refractivity contribution is 5.95. The quantitative estimate of drug-likeness (QED) is 0.828. The van der Waals surface area contributed by atoms with E-state index in [4.69, 9.17) is 10.4 Å². The van der Waals surface area contributed by atoms with Gasteiger partial charge in [0.25, 0.3) is 0 Å². The summed E-state index contributed by atoms with van der Waals surface area (Å²) in [5.74, 6) is -0.951. The van der Waals surface area contributed by atoms with Crippen LogP contribution < -0.4 is 10.2 Å². The minimum atomic E-state index is -0.951. The van der Waals surface area contributed by atoms with Gasteiger partial charge in [-0.25, -0.2) is 4.79 Å². The van der Waals surface area contributed by atoms with Crippen LogP contribution in [0.3, 0.4) is 0 Å². The largest absolute Gasteiger partial charge is 0.481 e. The summed E-state index contributed by atoms with van der Waals surface area (Å²) in [7, 11) is 0. The summed E-state index contributed by atoms with van der Waals surface area (Å²) in [6.07, 6.45) is -0.111. The molecular weight excluding hydrogens is 234 g/mol. The molecule has 1 aromatic rings. The number of benzene rings is 1. The van der Waals surface area contributed by atoms with Gasteiger partial charge in [0.15, 0.2) is 0 Å². The normalized spacial score (nSPS) is 18.3. The first kappa shape index (κ1) is 11.9. The number of nitrogens with one attached hydrogen (secondary N) is 1. The SMILES string of the molecule is N#Cc1cccc(N2CC(CC(=O)O)NC2=O)c1. The maximum absolute atomic E-state index is 11.7. The molecule has 18 heavy (non-hydrogen) atoms. The Morgan fingerprint density at radius 3 is 3.06 bits per heavy atom. The molecule has 1 aliphatic heterocycles. The fourth-order valence-corrected chi connectivity index (χ4v) is 1.89. The Balaban J connectivity index is 2.16. The van der Waals surface area contributed by atoms with Crippen LogP contribution in [-0.4, -0.2) is 29.7 Å². The van der Waals surface area contributed by atoms with Crippen molar-refractivity contribution in [2.75, 3.05) is 11.4 Å². The maximum Gasteiger partial charge on any atom is 0.322 e. The summed E-state index contributed by atoms with van der Waals surface area (Å²) in [6.45, 7) is 0.292. The van der Waals surface area contributed by atoms with Gasteiger partial charge in [-0.05, 0) is 18.2 Å². The number of rotatable bonds is 3. The molecule has 6 heteroatoms. The summed E-state index contributed by atoms with van der Waals surface area (Å²) in [5.41, 5.74) is 1.06. The molecule has 1 saturated heterocycles. The molecule has 0 aromatic heterocycles. The number of carboxylic acids is 1. The average Bonchev–Trinajstić information content (AvgIpc) is 2.69. The smallest absolute Gasteiger partial charge is 0.322 e. The molecule has 1 aromatic carbocycles. The Kier molecular flexibility index (Phi) is 3.15. The van der Waals surface area contributed by atoms with Crippen LogP contribution >= 0.6 is 0 Å². The van der Waals surface area contributed by atoms with E-state index >= 15 is 0 Å². The number of aliphatic carboxylic acids is 1. The van der Waals surface area contributed by atoms with Crippen LogP contribution in [0.1, 0.15) is 12.0 Å². The van der Waals surface area contributed by atoms with E-state index in [0.29, 0.717) is 17.8 Å². The first-order valence-electron chi connectivity index (χ1n) is 5.40. The van der Waals surface area contributed by atoms with Crippen LogP contribution in [-0.2, 0) is 4.79 Å². The van der Waals surface area contributed by atoms with Crippen LogP contribution in [0.4, 0.5) is 10.5 Å². The Morgan fingerprint density at radius 2 is 2.39 bits per heavy atom. The van der Waals surface area contributed by atoms with Gasteiger partial charge in [-0.3, -0.25) is 9.69 Å². The molecule has 1 atom stereocenters. The van der Waals surface area contributed by atoms with Crippen molar-refractivity contribution in [1.82, 2.24) is 5.32 Å². The molecule has 1 aliphatic rings. The molecule has 0 spiro atoms. The highest BCUT2D eigenvalue weighted by Gasteiger charge is 2.31. The topological polar surface area (TPSA) is 93.4 Å². The predicted molar refractivity (Wildman–Crippen MR) is 63.1 cm³/mol. The molecule has 1 heterocycles. The van der Waals surface area contributed by atoms with E-state index in [1.54, 1.807) is 24.3 Å². The molecule has 0 saturated carbocycles. The Bertz CT molecular complexity index is 536. The Hall–Kier alpha value is -2.55. The first-order valence-corrected chi connectivity index (χ1v) is 5.40. The first-order chi connectivity index (χ1) is 8.60. The Morgan fingerprint density at radius 1 is 1.61 bits per heavy atom. The number of carbonyl (C=O) groups is 2. The van der Waals surface area contributed by atoms with E-state index < -0.39 is 12.0 Å². The van der Waals surface area contributed by atoms with E-state index in [1.807, 2.05) is 6.07 Å². The molecule has 0 bridgehead atoms. The average molecular weight is 245 g/mol. The van der Waals surface area contributed by atoms with Crippen molar-refractivity contribution in [3.8, 4) is 6.07 Å². The zero-order chi connectivity index (χ0) is 13.1. The number of nitrogens with zero attached hydrogens (tertiary/aromatic N) is 2. The third kappa shape index (κ3) is 2.40. The van der Waals surface area contributed by atoms with Gasteiger partial charge in [-0.15, -0.1) is 0 Å². The summed E-state index contributed by atoms with van der Waals surface area (Å²) in [6, 6.07) is 7.90. The van der Waals surface area contributed by atoms with Crippen LogP contribution in [0, 0.1) is 11.3 Å². The van der Waals surface area contributed by atoms with E-state index in [-0.39, 0.29) is 12.5 Å². The van der Waals surface area contributed by atoms with Crippen molar-refractivity contribution in [3.63, 3.8) is 0 Å². The third-order valence-electron chi connectivity index (χ3n) is 2.68. The predicted octanol–water partition coefficient (Wildman–Crippen LogP) is 0.931. The molecule has 1 unspecified atom stereocenters. The van der Waals surface area contributed by atoms with Gasteiger partial charge in [0.1, 0.15) is 0 Å². The number of anilines is 1. The van der Waals surface area contributed by atoms with Crippen LogP contribution in [0.15, 0.2) is 24.3 Å². The van der Waals surface area contributed by atoms with Crippen LogP contribution in [0.5, 0.6) is 0 Å². The maximum atomic E-state index is 11.7. The second-order valence-electron chi connectivity index (χ2n) is 4.02. The molecule has 92 valence electrons. The molecular formula is C12H11N3O3. The fourth-order valence-electron chi connectivity index (χ4n) is 1.89. The molecule has 0 aliphatic carbocycles. The monoisotopic (exact) mass is 245 g/mol. The molecule has 2 rings (SSSR count).